The number of anilines is 1. The fraction of sp³-hybridized carbons (Fsp3) is 0.333. The van der Waals surface area contributed by atoms with Crippen LogP contribution in [0.1, 0.15) is 17.4 Å². The zero-order chi connectivity index (χ0) is 10.1. The first-order chi connectivity index (χ1) is 5.99. The second-order valence-corrected chi connectivity index (χ2v) is 4.57. The first kappa shape index (κ1) is 9.72. The number of carbonyl (C=O) groups is 1. The molecular weight excluding hydrogens is 194 g/mol. The number of carbonyl (C=O) groups excluding carboxylic acids is 1. The van der Waals surface area contributed by atoms with E-state index in [1.165, 1.54) is 13.1 Å². The molecule has 0 amide bonds. The molecule has 7 heteroatoms. The zero-order valence-electron chi connectivity index (χ0n) is 6.94. The van der Waals surface area contributed by atoms with E-state index in [2.05, 4.69) is 10.2 Å². The number of nitrogens with zero attached hydrogens (tertiary/aromatic N) is 1. The number of hydrogen-bond acceptors (Lipinski definition) is 5. The molecule has 0 atom stereocenters. The third-order valence-electron chi connectivity index (χ3n) is 1.54. The van der Waals surface area contributed by atoms with E-state index in [0.29, 0.717) is 0 Å². The van der Waals surface area contributed by atoms with Gasteiger partial charge in [-0.15, -0.1) is 0 Å². The summed E-state index contributed by atoms with van der Waals surface area (Å²) in [5, 5.41) is 4.69. The predicted octanol–water partition coefficient (Wildman–Crippen LogP) is -0.433. The third-order valence-corrected chi connectivity index (χ3v) is 3.06. The van der Waals surface area contributed by atoms with Crippen LogP contribution in [-0.2, 0) is 9.84 Å². The van der Waals surface area contributed by atoms with Crippen molar-refractivity contribution in [2.24, 2.45) is 0 Å². The lowest BCUT2D eigenvalue weighted by Gasteiger charge is -1.97. The van der Waals surface area contributed by atoms with Crippen LogP contribution in [0.25, 0.3) is 0 Å². The van der Waals surface area contributed by atoms with E-state index in [1.54, 1.807) is 0 Å². The minimum atomic E-state index is -3.73. The molecule has 0 aromatic carbocycles. The molecule has 1 rings (SSSR count). The highest BCUT2D eigenvalue weighted by Gasteiger charge is 2.25. The fourth-order valence-electron chi connectivity index (χ4n) is 0.746. The Labute approximate surface area is 75.1 Å². The first-order valence-electron chi connectivity index (χ1n) is 3.55. The molecule has 0 aliphatic heterocycles. The van der Waals surface area contributed by atoms with Crippen LogP contribution in [-0.4, -0.2) is 29.5 Å². The second-order valence-electron chi connectivity index (χ2n) is 2.39. The normalized spacial score (nSPS) is 11.5. The van der Waals surface area contributed by atoms with Crippen LogP contribution in [0, 0.1) is 0 Å². The van der Waals surface area contributed by atoms with Crippen molar-refractivity contribution in [3.8, 4) is 0 Å². The van der Waals surface area contributed by atoms with E-state index in [-0.39, 0.29) is 17.1 Å². The summed E-state index contributed by atoms with van der Waals surface area (Å²) in [5.41, 5.74) is 5.19. The maximum absolute atomic E-state index is 11.2. The van der Waals surface area contributed by atoms with E-state index in [0.717, 1.165) is 0 Å². The Hall–Kier alpha value is -1.37. The Kier molecular flexibility index (Phi) is 2.37. The number of H-pyrrole nitrogens is 1. The molecule has 0 bridgehead atoms. The molecule has 0 fully saturated rings. The smallest absolute Gasteiger partial charge is 0.296 e. The number of sulfone groups is 1. The Morgan fingerprint density at radius 1 is 1.69 bits per heavy atom. The van der Waals surface area contributed by atoms with Gasteiger partial charge < -0.3 is 5.73 Å². The molecule has 0 aliphatic rings. The number of rotatable bonds is 2. The number of nitrogens with two attached hydrogens (primary N) is 1. The Morgan fingerprint density at radius 3 is 2.69 bits per heavy atom. The van der Waals surface area contributed by atoms with Crippen molar-refractivity contribution < 1.29 is 13.2 Å². The molecule has 0 aliphatic carbocycles. The molecule has 72 valence electrons. The molecule has 3 N–H and O–H groups in total. The fourth-order valence-corrected chi connectivity index (χ4v) is 1.48. The second kappa shape index (κ2) is 3.17. The van der Waals surface area contributed by atoms with Gasteiger partial charge in [0.2, 0.25) is 9.84 Å². The van der Waals surface area contributed by atoms with E-state index in [9.17, 15) is 13.2 Å². The van der Waals surface area contributed by atoms with Crippen LogP contribution < -0.4 is 5.73 Å². The molecular formula is C6H9N3O3S. The minimum Gasteiger partial charge on any atom is -0.396 e. The van der Waals surface area contributed by atoms with Gasteiger partial charge in [0.25, 0.3) is 5.12 Å². The van der Waals surface area contributed by atoms with Crippen molar-refractivity contribution in [1.82, 2.24) is 10.2 Å². The maximum Gasteiger partial charge on any atom is 0.296 e. The molecule has 0 unspecified atom stereocenters. The summed E-state index contributed by atoms with van der Waals surface area (Å²) in [6.07, 6.45) is 1.19. The number of nitrogen functional groups attached to an aromatic ring is 1. The van der Waals surface area contributed by atoms with E-state index >= 15 is 0 Å². The summed E-state index contributed by atoms with van der Waals surface area (Å²) in [7, 11) is -3.73. The maximum atomic E-state index is 11.2. The summed E-state index contributed by atoms with van der Waals surface area (Å²) in [6.45, 7) is 1.39. The minimum absolute atomic E-state index is 0.0435. The van der Waals surface area contributed by atoms with Gasteiger partial charge in [-0.25, -0.2) is 8.42 Å². The molecule has 13 heavy (non-hydrogen) atoms. The SMILES string of the molecule is CCS(=O)(=O)C(=O)c1[nH]ncc1N. The van der Waals surface area contributed by atoms with E-state index in [4.69, 9.17) is 5.73 Å². The summed E-state index contributed by atoms with van der Waals surface area (Å²) in [4.78, 5) is 11.2. The highest BCUT2D eigenvalue weighted by Crippen LogP contribution is 2.10. The van der Waals surface area contributed by atoms with Crippen molar-refractivity contribution in [2.75, 3.05) is 11.5 Å². The van der Waals surface area contributed by atoms with Crippen molar-refractivity contribution in [3.05, 3.63) is 11.9 Å². The number of hydrogen-bond donors (Lipinski definition) is 2. The van der Waals surface area contributed by atoms with Crippen LogP contribution in [0.3, 0.4) is 0 Å². The van der Waals surface area contributed by atoms with Crippen molar-refractivity contribution in [2.45, 2.75) is 6.92 Å². The van der Waals surface area contributed by atoms with Crippen molar-refractivity contribution in [1.29, 1.82) is 0 Å². The van der Waals surface area contributed by atoms with Crippen molar-refractivity contribution >= 4 is 20.6 Å². The molecule has 0 radical (unpaired) electrons. The van der Waals surface area contributed by atoms with Gasteiger partial charge in [-0.1, -0.05) is 6.92 Å². The average Bonchev–Trinajstić information content (AvgIpc) is 2.50. The topological polar surface area (TPSA) is 106 Å². The average molecular weight is 203 g/mol. The van der Waals surface area contributed by atoms with Crippen LogP contribution in [0.2, 0.25) is 0 Å². The van der Waals surface area contributed by atoms with E-state index < -0.39 is 15.0 Å². The summed E-state index contributed by atoms with van der Waals surface area (Å²) in [5.74, 6) is -0.246. The summed E-state index contributed by atoms with van der Waals surface area (Å²) >= 11 is 0. The number of aromatic amines is 1. The largest absolute Gasteiger partial charge is 0.396 e. The lowest BCUT2D eigenvalue weighted by molar-refractivity contribution is 0.107. The van der Waals surface area contributed by atoms with Gasteiger partial charge in [-0.05, 0) is 0 Å². The highest BCUT2D eigenvalue weighted by molar-refractivity contribution is 8.06. The third kappa shape index (κ3) is 1.69. The Balaban J connectivity index is 3.14. The van der Waals surface area contributed by atoms with Gasteiger partial charge in [0.05, 0.1) is 17.6 Å². The molecule has 0 spiro atoms. The van der Waals surface area contributed by atoms with Gasteiger partial charge in [-0.3, -0.25) is 9.89 Å². The monoisotopic (exact) mass is 203 g/mol. The summed E-state index contributed by atoms with van der Waals surface area (Å²) < 4.78 is 22.2. The Bertz CT molecular complexity index is 420. The van der Waals surface area contributed by atoms with E-state index in [1.807, 2.05) is 0 Å². The Morgan fingerprint density at radius 2 is 2.31 bits per heavy atom. The van der Waals surface area contributed by atoms with Gasteiger partial charge in [-0.2, -0.15) is 5.10 Å². The van der Waals surface area contributed by atoms with Crippen LogP contribution in [0.5, 0.6) is 0 Å². The first-order valence-corrected chi connectivity index (χ1v) is 5.20. The zero-order valence-corrected chi connectivity index (χ0v) is 7.76. The molecule has 0 saturated carbocycles. The van der Waals surface area contributed by atoms with Crippen LogP contribution in [0.4, 0.5) is 5.69 Å². The number of nitrogens with one attached hydrogen (secondary N) is 1. The standard InChI is InChI=1S/C6H9N3O3S/c1-2-13(11,12)6(10)5-4(7)3-8-9-5/h3H,2,7H2,1H3,(H,8,9). The molecule has 0 saturated heterocycles. The molecule has 1 aromatic rings. The molecule has 1 aromatic heterocycles. The highest BCUT2D eigenvalue weighted by atomic mass is 32.2. The quantitative estimate of drug-likeness (QED) is 0.678. The number of aromatic nitrogens is 2. The van der Waals surface area contributed by atoms with Gasteiger partial charge in [0, 0.05) is 0 Å². The predicted molar refractivity (Wildman–Crippen MR) is 46.8 cm³/mol. The van der Waals surface area contributed by atoms with Crippen LogP contribution >= 0.6 is 0 Å². The molecule has 1 heterocycles. The van der Waals surface area contributed by atoms with Gasteiger partial charge >= 0.3 is 0 Å². The lowest BCUT2D eigenvalue weighted by atomic mass is 10.4. The van der Waals surface area contributed by atoms with Gasteiger partial charge in [0.1, 0.15) is 5.69 Å². The van der Waals surface area contributed by atoms with Crippen LogP contribution in [0.15, 0.2) is 6.20 Å². The lowest BCUT2D eigenvalue weighted by Crippen LogP contribution is -2.18. The molecule has 6 nitrogen and oxygen atoms in total. The summed E-state index contributed by atoms with van der Waals surface area (Å²) in [6, 6.07) is 0. The van der Waals surface area contributed by atoms with Crippen molar-refractivity contribution in [3.63, 3.8) is 0 Å². The van der Waals surface area contributed by atoms with Gasteiger partial charge in [0.15, 0.2) is 0 Å².